The molecule has 0 radical (unpaired) electrons. The zero-order valence-electron chi connectivity index (χ0n) is 17.2. The van der Waals surface area contributed by atoms with Crippen LogP contribution in [0.2, 0.25) is 0 Å². The molecule has 0 spiro atoms. The second-order valence-corrected chi connectivity index (χ2v) is 10.2. The minimum atomic E-state index is -5.14. The van der Waals surface area contributed by atoms with E-state index in [1.807, 2.05) is 0 Å². The molecule has 0 saturated carbocycles. The lowest BCUT2D eigenvalue weighted by Crippen LogP contribution is -2.41. The molecule has 2 heterocycles. The summed E-state index contributed by atoms with van der Waals surface area (Å²) in [7, 11) is -8.39. The maximum atomic E-state index is 12.2. The van der Waals surface area contributed by atoms with Crippen molar-refractivity contribution in [1.29, 1.82) is 0 Å². The molecule has 1 aromatic rings. The molecule has 34 heavy (non-hydrogen) atoms. The Morgan fingerprint density at radius 2 is 1.91 bits per heavy atom. The molecule has 1 aromatic heterocycles. The zero-order chi connectivity index (χ0) is 25.4. The first-order valence-corrected chi connectivity index (χ1v) is 12.5. The summed E-state index contributed by atoms with van der Waals surface area (Å²) < 4.78 is 40.1. The van der Waals surface area contributed by atoms with Crippen molar-refractivity contribution in [3.05, 3.63) is 34.4 Å². The van der Waals surface area contributed by atoms with Crippen LogP contribution in [0.4, 0.5) is 5.82 Å². The van der Waals surface area contributed by atoms with Gasteiger partial charge in [-0.1, -0.05) is 10.6 Å². The van der Waals surface area contributed by atoms with Crippen molar-refractivity contribution in [2.75, 3.05) is 12.3 Å². The van der Waals surface area contributed by atoms with Gasteiger partial charge < -0.3 is 45.8 Å². The van der Waals surface area contributed by atoms with Crippen molar-refractivity contribution in [2.24, 2.45) is 0 Å². The number of anilines is 1. The average Bonchev–Trinajstić information content (AvgIpc) is 3.01. The maximum Gasteiger partial charge on any atom is 0.698 e. The van der Waals surface area contributed by atoms with Gasteiger partial charge >= 0.3 is 21.5 Å². The van der Waals surface area contributed by atoms with E-state index < -0.39 is 83.3 Å². The Labute approximate surface area is 192 Å². The molecule has 1 aliphatic carbocycles. The molecule has 18 heteroatoms. The summed E-state index contributed by atoms with van der Waals surface area (Å²) in [6.45, 7) is -0.683. The van der Waals surface area contributed by atoms with Gasteiger partial charge in [0, 0.05) is 17.2 Å². The van der Waals surface area contributed by atoms with Gasteiger partial charge in [0.1, 0.15) is 42.9 Å². The summed E-state index contributed by atoms with van der Waals surface area (Å²) in [6.07, 6.45) is -9.16. The first kappa shape index (κ1) is 26.9. The molecular formula is C16H24N3O13P2+. The first-order chi connectivity index (χ1) is 15.8. The Balaban J connectivity index is 1.65. The number of aromatic nitrogens is 2. The average molecular weight is 528 g/mol. The van der Waals surface area contributed by atoms with Crippen LogP contribution in [-0.2, 0) is 22.9 Å². The number of ether oxygens (including phenoxy) is 1. The Hall–Kier alpha value is -1.65. The highest BCUT2D eigenvalue weighted by Crippen LogP contribution is 2.51. The monoisotopic (exact) mass is 528 g/mol. The van der Waals surface area contributed by atoms with Crippen LogP contribution < -0.4 is 11.4 Å². The highest BCUT2D eigenvalue weighted by molar-refractivity contribution is 7.53. The zero-order valence-corrected chi connectivity index (χ0v) is 19.0. The van der Waals surface area contributed by atoms with Crippen molar-refractivity contribution < 1.29 is 58.2 Å². The molecule has 16 nitrogen and oxygen atoms in total. The third-order valence-electron chi connectivity index (χ3n) is 5.19. The fourth-order valence-electron chi connectivity index (χ4n) is 3.47. The Morgan fingerprint density at radius 1 is 1.24 bits per heavy atom. The van der Waals surface area contributed by atoms with Crippen LogP contribution in [0.5, 0.6) is 0 Å². The van der Waals surface area contributed by atoms with E-state index in [9.17, 15) is 49.2 Å². The van der Waals surface area contributed by atoms with E-state index in [1.165, 1.54) is 12.3 Å². The number of hydrogen-bond acceptors (Lipinski definition) is 13. The van der Waals surface area contributed by atoms with E-state index >= 15 is 0 Å². The van der Waals surface area contributed by atoms with E-state index in [1.54, 1.807) is 0 Å². The Morgan fingerprint density at radius 3 is 2.50 bits per heavy atom. The van der Waals surface area contributed by atoms with E-state index in [-0.39, 0.29) is 11.4 Å². The standard InChI is InChI=1S/C16H23N3O13P2/c17-10-1-2-19(16(25)18-10)14-13(24)12(23)9(31-14)5-30-33(26)32-15(34(27,28)29)6-3-7(20)11(22)8(21)4-6/h1-3,7-9,11-15,20-24H,4-5H2,(H3-,17,18,25,27,28,29)/p+1/t7?,8?,9-,11?,12-,13-,14-,15+/m1/s1. The molecule has 0 aromatic carbocycles. The third kappa shape index (κ3) is 5.94. The van der Waals surface area contributed by atoms with Gasteiger partial charge in [0.2, 0.25) is 5.85 Å². The van der Waals surface area contributed by atoms with Crippen molar-refractivity contribution >= 4 is 21.7 Å². The van der Waals surface area contributed by atoms with Crippen LogP contribution in [0.3, 0.4) is 0 Å². The van der Waals surface area contributed by atoms with Crippen LogP contribution in [0.1, 0.15) is 12.6 Å². The molecule has 4 unspecified atom stereocenters. The normalized spacial score (nSPS) is 33.4. The molecular weight excluding hydrogens is 504 g/mol. The quantitative estimate of drug-likeness (QED) is 0.124. The lowest BCUT2D eigenvalue weighted by Gasteiger charge is -2.29. The summed E-state index contributed by atoms with van der Waals surface area (Å²) in [5.41, 5.74) is 4.22. The van der Waals surface area contributed by atoms with Gasteiger partial charge in [-0.2, -0.15) is 4.98 Å². The van der Waals surface area contributed by atoms with Crippen LogP contribution in [0.25, 0.3) is 0 Å². The number of aliphatic hydroxyl groups is 5. The smallest absolute Gasteiger partial charge is 0.390 e. The van der Waals surface area contributed by atoms with Gasteiger partial charge in [-0.05, 0) is 11.6 Å². The summed E-state index contributed by atoms with van der Waals surface area (Å²) >= 11 is 0. The molecule has 2 aliphatic rings. The van der Waals surface area contributed by atoms with Gasteiger partial charge in [0.15, 0.2) is 6.23 Å². The second kappa shape index (κ2) is 10.5. The van der Waals surface area contributed by atoms with Gasteiger partial charge in [0.25, 0.3) is 0 Å². The second-order valence-electron chi connectivity index (χ2n) is 7.65. The minimum absolute atomic E-state index is 0.0782. The third-order valence-corrected chi connectivity index (χ3v) is 7.15. The van der Waals surface area contributed by atoms with Gasteiger partial charge in [0.05, 0.1) is 6.10 Å². The van der Waals surface area contributed by atoms with Crippen molar-refractivity contribution in [3.8, 4) is 0 Å². The van der Waals surface area contributed by atoms with Gasteiger partial charge in [-0.15, -0.1) is 4.52 Å². The highest BCUT2D eigenvalue weighted by Gasteiger charge is 2.48. The number of aliphatic hydroxyl groups excluding tert-OH is 5. The van der Waals surface area contributed by atoms with E-state index in [4.69, 9.17) is 19.5 Å². The van der Waals surface area contributed by atoms with Crippen molar-refractivity contribution in [1.82, 2.24) is 9.55 Å². The molecule has 1 aliphatic heterocycles. The molecule has 9 N–H and O–H groups in total. The van der Waals surface area contributed by atoms with Crippen LogP contribution >= 0.6 is 15.9 Å². The highest BCUT2D eigenvalue weighted by atomic mass is 31.2. The summed E-state index contributed by atoms with van der Waals surface area (Å²) in [5, 5.41) is 49.4. The Kier molecular flexibility index (Phi) is 8.35. The van der Waals surface area contributed by atoms with Crippen LogP contribution in [0, 0.1) is 0 Å². The van der Waals surface area contributed by atoms with Crippen molar-refractivity contribution in [3.63, 3.8) is 0 Å². The molecule has 1 saturated heterocycles. The number of nitrogen functional groups attached to an aromatic ring is 1. The van der Waals surface area contributed by atoms with Crippen molar-refractivity contribution in [2.45, 2.75) is 55.1 Å². The predicted octanol–water partition coefficient (Wildman–Crippen LogP) is -2.95. The number of nitrogens with two attached hydrogens (primary N) is 1. The summed E-state index contributed by atoms with van der Waals surface area (Å²) in [6, 6.07) is 1.26. The van der Waals surface area contributed by atoms with Gasteiger partial charge in [-0.25, -0.2) is 4.79 Å². The lowest BCUT2D eigenvalue weighted by atomic mass is 9.92. The minimum Gasteiger partial charge on any atom is -0.390 e. The molecule has 1 fully saturated rings. The fourth-order valence-corrected chi connectivity index (χ4v) is 5.44. The summed E-state index contributed by atoms with van der Waals surface area (Å²) in [5.74, 6) is -2.24. The van der Waals surface area contributed by atoms with Crippen LogP contribution in [-0.4, -0.2) is 93.9 Å². The maximum absolute atomic E-state index is 12.2. The molecule has 9 atom stereocenters. The number of hydrogen-bond donors (Lipinski definition) is 8. The Bertz CT molecular complexity index is 1050. The van der Waals surface area contributed by atoms with Crippen LogP contribution in [0.15, 0.2) is 28.7 Å². The van der Waals surface area contributed by atoms with E-state index in [0.29, 0.717) is 0 Å². The summed E-state index contributed by atoms with van der Waals surface area (Å²) in [4.78, 5) is 34.6. The van der Waals surface area contributed by atoms with E-state index in [0.717, 1.165) is 10.6 Å². The predicted molar refractivity (Wildman–Crippen MR) is 110 cm³/mol. The topological polar surface area (TPSA) is 264 Å². The molecule has 190 valence electrons. The molecule has 0 bridgehead atoms. The van der Waals surface area contributed by atoms with Gasteiger partial charge in [-0.3, -0.25) is 9.13 Å². The fraction of sp³-hybridized carbons (Fsp3) is 0.625. The first-order valence-electron chi connectivity index (χ1n) is 9.72. The molecule has 3 rings (SSSR count). The van der Waals surface area contributed by atoms with E-state index in [2.05, 4.69) is 4.98 Å². The lowest BCUT2D eigenvalue weighted by molar-refractivity contribution is -0.0532. The number of rotatable bonds is 8. The molecule has 0 amide bonds. The number of nitrogens with zero attached hydrogens (tertiary/aromatic N) is 2. The largest absolute Gasteiger partial charge is 0.698 e. The SMILES string of the molecule is Nc1ccn([C@@H]2O[C@H](CO[P+](=O)O[C@H](C3=CC(O)C(O)C(O)C3)P(=O)(O)O)[C@@H](O)[C@H]2O)c(=O)n1.